The fraction of sp³-hybridized carbons (Fsp3) is 0.462. The quantitative estimate of drug-likeness (QED) is 0.852. The van der Waals surface area contributed by atoms with E-state index in [0.717, 1.165) is 6.42 Å². The summed E-state index contributed by atoms with van der Waals surface area (Å²) in [7, 11) is 2.85. The van der Waals surface area contributed by atoms with Crippen molar-refractivity contribution in [3.63, 3.8) is 0 Å². The number of hydrogen-bond acceptors (Lipinski definition) is 5. The summed E-state index contributed by atoms with van der Waals surface area (Å²) >= 11 is 0. The molecule has 8 heteroatoms. The zero-order valence-electron chi connectivity index (χ0n) is 11.6. The van der Waals surface area contributed by atoms with Crippen LogP contribution in [-0.4, -0.2) is 34.1 Å². The summed E-state index contributed by atoms with van der Waals surface area (Å²) in [6.45, 7) is 2.46. The Morgan fingerprint density at radius 2 is 2.19 bits per heavy atom. The molecule has 1 fully saturated rings. The first-order chi connectivity index (χ1) is 9.82. The number of hydrogen-bond donors (Lipinski definition) is 1. The van der Waals surface area contributed by atoms with E-state index >= 15 is 0 Å². The summed E-state index contributed by atoms with van der Waals surface area (Å²) in [6, 6.07) is 4.01. The molecule has 21 heavy (non-hydrogen) atoms. The van der Waals surface area contributed by atoms with E-state index in [1.807, 2.05) is 6.92 Å². The van der Waals surface area contributed by atoms with Crippen LogP contribution in [0.1, 0.15) is 13.3 Å². The summed E-state index contributed by atoms with van der Waals surface area (Å²) in [5, 5.41) is 2.63. The van der Waals surface area contributed by atoms with Crippen molar-refractivity contribution in [3.05, 3.63) is 18.2 Å². The second-order valence-electron chi connectivity index (χ2n) is 4.85. The SMILES string of the molecule is COc1ccc(S(=O)(=O)Cl)cc1NC(=O)C1OCCC1C. The first kappa shape index (κ1) is 16.1. The molecular weight excluding hydrogens is 318 g/mol. The van der Waals surface area contributed by atoms with Gasteiger partial charge in [-0.1, -0.05) is 6.92 Å². The monoisotopic (exact) mass is 333 g/mol. The smallest absolute Gasteiger partial charge is 0.261 e. The maximum absolute atomic E-state index is 12.2. The van der Waals surface area contributed by atoms with Crippen LogP contribution in [0.2, 0.25) is 0 Å². The fourth-order valence-corrected chi connectivity index (χ4v) is 2.95. The van der Waals surface area contributed by atoms with Gasteiger partial charge < -0.3 is 14.8 Å². The van der Waals surface area contributed by atoms with Crippen LogP contribution in [0.3, 0.4) is 0 Å². The molecule has 1 aromatic rings. The van der Waals surface area contributed by atoms with Gasteiger partial charge in [-0.05, 0) is 30.5 Å². The molecule has 1 saturated heterocycles. The highest BCUT2D eigenvalue weighted by atomic mass is 35.7. The third-order valence-electron chi connectivity index (χ3n) is 3.36. The summed E-state index contributed by atoms with van der Waals surface area (Å²) in [5.74, 6) is 0.122. The van der Waals surface area contributed by atoms with Crippen LogP contribution in [0.4, 0.5) is 5.69 Å². The number of halogens is 1. The van der Waals surface area contributed by atoms with Gasteiger partial charge in [0, 0.05) is 17.3 Å². The molecular formula is C13H16ClNO5S. The third-order valence-corrected chi connectivity index (χ3v) is 4.71. The Hall–Kier alpha value is -1.31. The zero-order valence-corrected chi connectivity index (χ0v) is 13.2. The largest absolute Gasteiger partial charge is 0.495 e. The van der Waals surface area contributed by atoms with Crippen molar-refractivity contribution in [3.8, 4) is 5.75 Å². The van der Waals surface area contributed by atoms with Gasteiger partial charge in [-0.25, -0.2) is 8.42 Å². The van der Waals surface area contributed by atoms with Crippen molar-refractivity contribution >= 4 is 31.3 Å². The molecule has 1 aliphatic heterocycles. The van der Waals surface area contributed by atoms with E-state index in [9.17, 15) is 13.2 Å². The molecule has 1 heterocycles. The molecule has 0 spiro atoms. The van der Waals surface area contributed by atoms with Crippen molar-refractivity contribution < 1.29 is 22.7 Å². The Morgan fingerprint density at radius 1 is 1.48 bits per heavy atom. The summed E-state index contributed by atoms with van der Waals surface area (Å²) in [4.78, 5) is 12.1. The molecule has 116 valence electrons. The van der Waals surface area contributed by atoms with Gasteiger partial charge in [0.15, 0.2) is 0 Å². The standard InChI is InChI=1S/C13H16ClNO5S/c1-8-5-6-20-12(8)13(16)15-10-7-9(21(14,17)18)3-4-11(10)19-2/h3-4,7-8,12H,5-6H2,1-2H3,(H,15,16). The number of amides is 1. The van der Waals surface area contributed by atoms with Gasteiger partial charge in [0.2, 0.25) is 0 Å². The van der Waals surface area contributed by atoms with Gasteiger partial charge >= 0.3 is 0 Å². The zero-order chi connectivity index (χ0) is 15.6. The lowest BCUT2D eigenvalue weighted by molar-refractivity contribution is -0.126. The van der Waals surface area contributed by atoms with E-state index in [1.165, 1.54) is 25.3 Å². The lowest BCUT2D eigenvalue weighted by atomic mass is 10.0. The topological polar surface area (TPSA) is 81.7 Å². The van der Waals surface area contributed by atoms with Crippen LogP contribution in [-0.2, 0) is 18.6 Å². The highest BCUT2D eigenvalue weighted by molar-refractivity contribution is 8.13. The molecule has 0 aromatic heterocycles. The Labute approximate surface area is 127 Å². The molecule has 0 radical (unpaired) electrons. The van der Waals surface area contributed by atoms with E-state index in [2.05, 4.69) is 5.32 Å². The number of anilines is 1. The van der Waals surface area contributed by atoms with Gasteiger partial charge in [-0.15, -0.1) is 0 Å². The lowest BCUT2D eigenvalue weighted by Crippen LogP contribution is -2.31. The average molecular weight is 334 g/mol. The predicted molar refractivity (Wildman–Crippen MR) is 78.2 cm³/mol. The average Bonchev–Trinajstić information content (AvgIpc) is 2.84. The maximum Gasteiger partial charge on any atom is 0.261 e. The molecule has 2 rings (SSSR count). The molecule has 2 unspecified atom stereocenters. The number of methoxy groups -OCH3 is 1. The van der Waals surface area contributed by atoms with E-state index in [0.29, 0.717) is 12.4 Å². The minimum absolute atomic E-state index is 0.107. The molecule has 1 aliphatic rings. The summed E-state index contributed by atoms with van der Waals surface area (Å²) in [5.41, 5.74) is 0.243. The number of carbonyl (C=O) groups is 1. The van der Waals surface area contributed by atoms with Gasteiger partial charge in [0.05, 0.1) is 17.7 Å². The summed E-state index contributed by atoms with van der Waals surface area (Å²) in [6.07, 6.45) is 0.261. The van der Waals surface area contributed by atoms with Crippen molar-refractivity contribution in [2.45, 2.75) is 24.3 Å². The molecule has 1 amide bonds. The maximum atomic E-state index is 12.2. The van der Waals surface area contributed by atoms with E-state index in [-0.39, 0.29) is 22.4 Å². The third kappa shape index (κ3) is 3.66. The number of nitrogens with one attached hydrogen (secondary N) is 1. The highest BCUT2D eigenvalue weighted by Gasteiger charge is 2.31. The van der Waals surface area contributed by atoms with Crippen molar-refractivity contribution in [1.29, 1.82) is 0 Å². The second-order valence-corrected chi connectivity index (χ2v) is 7.41. The second kappa shape index (κ2) is 6.21. The first-order valence-electron chi connectivity index (χ1n) is 6.38. The number of ether oxygens (including phenoxy) is 2. The van der Waals surface area contributed by atoms with Gasteiger partial charge in [0.1, 0.15) is 11.9 Å². The Kier molecular flexibility index (Phi) is 4.75. The minimum Gasteiger partial charge on any atom is -0.495 e. The molecule has 2 atom stereocenters. The van der Waals surface area contributed by atoms with Crippen LogP contribution in [0.5, 0.6) is 5.75 Å². The first-order valence-corrected chi connectivity index (χ1v) is 8.69. The van der Waals surface area contributed by atoms with Crippen LogP contribution < -0.4 is 10.1 Å². The Bertz CT molecular complexity index is 646. The molecule has 1 N–H and O–H groups in total. The van der Waals surface area contributed by atoms with Crippen LogP contribution in [0, 0.1) is 5.92 Å². The summed E-state index contributed by atoms with van der Waals surface area (Å²) < 4.78 is 33.2. The molecule has 0 aliphatic carbocycles. The van der Waals surface area contributed by atoms with E-state index in [4.69, 9.17) is 20.2 Å². The van der Waals surface area contributed by atoms with Crippen LogP contribution >= 0.6 is 10.7 Å². The van der Waals surface area contributed by atoms with Gasteiger partial charge in [-0.3, -0.25) is 4.79 Å². The number of carbonyl (C=O) groups excluding carboxylic acids is 1. The lowest BCUT2D eigenvalue weighted by Gasteiger charge is -2.16. The normalized spacial score (nSPS) is 22.0. The molecule has 0 saturated carbocycles. The Morgan fingerprint density at radius 3 is 2.71 bits per heavy atom. The van der Waals surface area contributed by atoms with Crippen molar-refractivity contribution in [1.82, 2.24) is 0 Å². The minimum atomic E-state index is -3.88. The van der Waals surface area contributed by atoms with Gasteiger partial charge in [-0.2, -0.15) is 0 Å². The van der Waals surface area contributed by atoms with E-state index in [1.54, 1.807) is 0 Å². The Balaban J connectivity index is 2.27. The van der Waals surface area contributed by atoms with E-state index < -0.39 is 15.2 Å². The van der Waals surface area contributed by atoms with Gasteiger partial charge in [0.25, 0.3) is 15.0 Å². The highest BCUT2D eigenvalue weighted by Crippen LogP contribution is 2.30. The number of rotatable bonds is 4. The van der Waals surface area contributed by atoms with Crippen LogP contribution in [0.25, 0.3) is 0 Å². The van der Waals surface area contributed by atoms with Crippen molar-refractivity contribution in [2.75, 3.05) is 19.0 Å². The van der Waals surface area contributed by atoms with Crippen LogP contribution in [0.15, 0.2) is 23.1 Å². The number of benzene rings is 1. The molecule has 0 bridgehead atoms. The molecule has 6 nitrogen and oxygen atoms in total. The van der Waals surface area contributed by atoms with Crippen molar-refractivity contribution in [2.24, 2.45) is 5.92 Å². The molecule has 1 aromatic carbocycles. The fourth-order valence-electron chi connectivity index (χ4n) is 2.17. The predicted octanol–water partition coefficient (Wildman–Crippen LogP) is 1.99.